The van der Waals surface area contributed by atoms with Crippen molar-refractivity contribution in [3.05, 3.63) is 0 Å². The van der Waals surface area contributed by atoms with Gasteiger partial charge in [0.15, 0.2) is 0 Å². The molecule has 1 atom stereocenters. The molecule has 0 bridgehead atoms. The molecule has 5 heteroatoms. The minimum Gasteiger partial charge on any atom is -0.328 e. The zero-order valence-electron chi connectivity index (χ0n) is 10.6. The molecule has 0 amide bonds. The van der Waals surface area contributed by atoms with Gasteiger partial charge in [-0.25, -0.2) is 8.42 Å². The molecule has 17 heavy (non-hydrogen) atoms. The lowest BCUT2D eigenvalue weighted by atomic mass is 9.90. The Morgan fingerprint density at radius 3 is 2.12 bits per heavy atom. The van der Waals surface area contributed by atoms with Gasteiger partial charge in [0, 0.05) is 12.1 Å². The highest BCUT2D eigenvalue weighted by molar-refractivity contribution is 7.91. The van der Waals surface area contributed by atoms with Crippen LogP contribution in [0.5, 0.6) is 0 Å². The molecule has 0 aliphatic carbocycles. The lowest BCUT2D eigenvalue weighted by Gasteiger charge is -2.40. The topological polar surface area (TPSA) is 63.4 Å². The van der Waals surface area contributed by atoms with Gasteiger partial charge < -0.3 is 10.6 Å². The van der Waals surface area contributed by atoms with Crippen LogP contribution in [0.2, 0.25) is 0 Å². The van der Waals surface area contributed by atoms with E-state index in [1.165, 1.54) is 12.8 Å². The van der Waals surface area contributed by atoms with E-state index in [-0.39, 0.29) is 0 Å². The average molecular weight is 260 g/mol. The monoisotopic (exact) mass is 260 g/mol. The van der Waals surface area contributed by atoms with Crippen LogP contribution < -0.4 is 5.73 Å². The quantitative estimate of drug-likeness (QED) is 0.791. The first-order valence-corrected chi connectivity index (χ1v) is 8.50. The summed E-state index contributed by atoms with van der Waals surface area (Å²) in [4.78, 5) is 2.48. The number of likely N-dealkylation sites (tertiary alicyclic amines) is 1. The third-order valence-electron chi connectivity index (χ3n) is 4.36. The second-order valence-electron chi connectivity index (χ2n) is 5.62. The highest BCUT2D eigenvalue weighted by atomic mass is 32.2. The minimum atomic E-state index is -2.73. The predicted octanol–water partition coefficient (Wildman–Crippen LogP) is 0.623. The van der Waals surface area contributed by atoms with Crippen LogP contribution in [-0.2, 0) is 9.84 Å². The molecule has 0 saturated carbocycles. The summed E-state index contributed by atoms with van der Waals surface area (Å²) in [7, 11) is -2.73. The van der Waals surface area contributed by atoms with Crippen LogP contribution in [-0.4, -0.2) is 50.0 Å². The molecule has 1 unspecified atom stereocenters. The molecule has 0 aromatic heterocycles. The van der Waals surface area contributed by atoms with E-state index >= 15 is 0 Å². The smallest absolute Gasteiger partial charge is 0.150 e. The van der Waals surface area contributed by atoms with Crippen molar-refractivity contribution >= 4 is 9.84 Å². The predicted molar refractivity (Wildman–Crippen MR) is 69.6 cm³/mol. The fourth-order valence-corrected chi connectivity index (χ4v) is 4.52. The lowest BCUT2D eigenvalue weighted by molar-refractivity contribution is 0.117. The van der Waals surface area contributed by atoms with Crippen molar-refractivity contribution in [2.24, 2.45) is 11.7 Å². The Hall–Kier alpha value is -0.130. The molecule has 2 rings (SSSR count). The lowest BCUT2D eigenvalue weighted by Crippen LogP contribution is -2.47. The van der Waals surface area contributed by atoms with Gasteiger partial charge in [-0.05, 0) is 51.6 Å². The number of nitrogens with zero attached hydrogens (tertiary/aromatic N) is 1. The molecule has 0 radical (unpaired) electrons. The van der Waals surface area contributed by atoms with Crippen molar-refractivity contribution in [3.63, 3.8) is 0 Å². The van der Waals surface area contributed by atoms with Gasteiger partial charge in [-0.1, -0.05) is 0 Å². The fraction of sp³-hybridized carbons (Fsp3) is 1.00. The standard InChI is InChI=1S/C12H24N2O2S/c1-10(13)11-2-6-14(7-3-11)12-4-8-17(15,16)9-5-12/h10-12H,2-9,13H2,1H3. The molecule has 2 aliphatic heterocycles. The van der Waals surface area contributed by atoms with Crippen LogP contribution in [0.15, 0.2) is 0 Å². The van der Waals surface area contributed by atoms with E-state index < -0.39 is 9.84 Å². The molecule has 0 spiro atoms. The Balaban J connectivity index is 1.82. The molecule has 2 saturated heterocycles. The maximum Gasteiger partial charge on any atom is 0.150 e. The van der Waals surface area contributed by atoms with E-state index in [4.69, 9.17) is 5.73 Å². The van der Waals surface area contributed by atoms with E-state index in [2.05, 4.69) is 11.8 Å². The van der Waals surface area contributed by atoms with Gasteiger partial charge in [0.2, 0.25) is 0 Å². The first kappa shape index (κ1) is 13.3. The molecule has 2 fully saturated rings. The largest absolute Gasteiger partial charge is 0.328 e. The van der Waals surface area contributed by atoms with Gasteiger partial charge >= 0.3 is 0 Å². The molecular weight excluding hydrogens is 236 g/mol. The van der Waals surface area contributed by atoms with Crippen molar-refractivity contribution in [1.29, 1.82) is 0 Å². The Morgan fingerprint density at radius 1 is 1.12 bits per heavy atom. The number of piperidine rings is 1. The molecule has 2 N–H and O–H groups in total. The summed E-state index contributed by atoms with van der Waals surface area (Å²) in [5.41, 5.74) is 5.93. The van der Waals surface area contributed by atoms with Gasteiger partial charge in [-0.3, -0.25) is 0 Å². The zero-order valence-corrected chi connectivity index (χ0v) is 11.5. The third kappa shape index (κ3) is 3.42. The van der Waals surface area contributed by atoms with Crippen LogP contribution in [0, 0.1) is 5.92 Å². The Labute approximate surface area is 104 Å². The normalized spacial score (nSPS) is 30.2. The SMILES string of the molecule is CC(N)C1CCN(C2CCS(=O)(=O)CC2)CC1. The molecule has 0 aromatic carbocycles. The highest BCUT2D eigenvalue weighted by Gasteiger charge is 2.31. The number of rotatable bonds is 2. The number of nitrogens with two attached hydrogens (primary N) is 1. The maximum absolute atomic E-state index is 11.4. The molecule has 2 heterocycles. The second-order valence-corrected chi connectivity index (χ2v) is 7.92. The molecule has 4 nitrogen and oxygen atoms in total. The van der Waals surface area contributed by atoms with Crippen LogP contribution in [0.3, 0.4) is 0 Å². The summed E-state index contributed by atoms with van der Waals surface area (Å²) in [5, 5.41) is 0. The van der Waals surface area contributed by atoms with E-state index in [1.807, 2.05) is 0 Å². The summed E-state index contributed by atoms with van der Waals surface area (Å²) < 4.78 is 22.8. The van der Waals surface area contributed by atoms with E-state index in [9.17, 15) is 8.42 Å². The molecule has 100 valence electrons. The number of hydrogen-bond acceptors (Lipinski definition) is 4. The van der Waals surface area contributed by atoms with Crippen molar-refractivity contribution in [2.45, 2.75) is 44.7 Å². The van der Waals surface area contributed by atoms with E-state index in [1.54, 1.807) is 0 Å². The highest BCUT2D eigenvalue weighted by Crippen LogP contribution is 2.25. The first-order valence-electron chi connectivity index (χ1n) is 6.68. The summed E-state index contributed by atoms with van der Waals surface area (Å²) in [6.45, 7) is 4.28. The van der Waals surface area contributed by atoms with Crippen LogP contribution in [0.1, 0.15) is 32.6 Å². The Kier molecular flexibility index (Phi) is 4.10. The van der Waals surface area contributed by atoms with Gasteiger partial charge in [0.05, 0.1) is 11.5 Å². The van der Waals surface area contributed by atoms with Gasteiger partial charge in [-0.15, -0.1) is 0 Å². The van der Waals surface area contributed by atoms with Crippen molar-refractivity contribution < 1.29 is 8.42 Å². The summed E-state index contributed by atoms with van der Waals surface area (Å²) in [6, 6.07) is 0.788. The maximum atomic E-state index is 11.4. The third-order valence-corrected chi connectivity index (χ3v) is 6.07. The van der Waals surface area contributed by atoms with E-state index in [0.29, 0.717) is 29.5 Å². The summed E-state index contributed by atoms with van der Waals surface area (Å²) in [5.74, 6) is 1.41. The summed E-state index contributed by atoms with van der Waals surface area (Å²) in [6.07, 6.45) is 3.98. The zero-order chi connectivity index (χ0) is 12.5. The van der Waals surface area contributed by atoms with Crippen molar-refractivity contribution in [3.8, 4) is 0 Å². The molecule has 2 aliphatic rings. The van der Waals surface area contributed by atoms with Gasteiger partial charge in [0.1, 0.15) is 9.84 Å². The Bertz CT molecular complexity index is 332. The first-order chi connectivity index (χ1) is 7.98. The fourth-order valence-electron chi connectivity index (χ4n) is 3.05. The van der Waals surface area contributed by atoms with Gasteiger partial charge in [0.25, 0.3) is 0 Å². The molecule has 0 aromatic rings. The summed E-state index contributed by atoms with van der Waals surface area (Å²) >= 11 is 0. The van der Waals surface area contributed by atoms with Crippen LogP contribution in [0.25, 0.3) is 0 Å². The van der Waals surface area contributed by atoms with Crippen molar-refractivity contribution in [2.75, 3.05) is 24.6 Å². The minimum absolute atomic E-state index is 0.295. The van der Waals surface area contributed by atoms with Gasteiger partial charge in [-0.2, -0.15) is 0 Å². The molecular formula is C12H24N2O2S. The number of sulfone groups is 1. The number of hydrogen-bond donors (Lipinski definition) is 1. The second kappa shape index (κ2) is 5.24. The van der Waals surface area contributed by atoms with E-state index in [0.717, 1.165) is 25.9 Å². The average Bonchev–Trinajstić information content (AvgIpc) is 2.29. The van der Waals surface area contributed by atoms with Crippen molar-refractivity contribution in [1.82, 2.24) is 4.90 Å². The van der Waals surface area contributed by atoms with Crippen LogP contribution in [0.4, 0.5) is 0 Å². The van der Waals surface area contributed by atoms with Crippen LogP contribution >= 0.6 is 0 Å². The Morgan fingerprint density at radius 2 is 1.65 bits per heavy atom.